The number of hydrogen-bond donors (Lipinski definition) is 2. The number of rotatable bonds is 4. The van der Waals surface area contributed by atoms with Crippen molar-refractivity contribution >= 4 is 5.69 Å². The number of hydrogen-bond acceptors (Lipinski definition) is 4. The zero-order valence-corrected chi connectivity index (χ0v) is 10.4. The number of piperazine rings is 1. The van der Waals surface area contributed by atoms with Crippen LogP contribution in [0.5, 0.6) is 5.75 Å². The molecule has 0 radical (unpaired) electrons. The van der Waals surface area contributed by atoms with Crippen molar-refractivity contribution in [3.8, 4) is 5.75 Å². The van der Waals surface area contributed by atoms with Crippen molar-refractivity contribution in [2.75, 3.05) is 38.5 Å². The van der Waals surface area contributed by atoms with Crippen molar-refractivity contribution in [1.82, 2.24) is 10.2 Å². The molecular formula is C13H21N3O. The molecule has 0 spiro atoms. The molecule has 1 fully saturated rings. The highest BCUT2D eigenvalue weighted by molar-refractivity contribution is 5.41. The molecule has 0 aliphatic carbocycles. The second kappa shape index (κ2) is 5.89. The van der Waals surface area contributed by atoms with Crippen molar-refractivity contribution in [2.24, 2.45) is 0 Å². The van der Waals surface area contributed by atoms with Crippen molar-refractivity contribution in [1.29, 1.82) is 0 Å². The van der Waals surface area contributed by atoms with Gasteiger partial charge in [-0.2, -0.15) is 0 Å². The summed E-state index contributed by atoms with van der Waals surface area (Å²) in [4.78, 5) is 2.43. The van der Waals surface area contributed by atoms with Gasteiger partial charge in [0, 0.05) is 37.9 Å². The fraction of sp³-hybridized carbons (Fsp3) is 0.538. The maximum Gasteiger partial charge on any atom is 0.119 e. The second-order valence-electron chi connectivity index (χ2n) is 4.57. The topological polar surface area (TPSA) is 50.5 Å². The SMILES string of the molecule is CC1CN(CCOc2ccc(N)cc2)CCN1. The minimum atomic E-state index is 0.584. The van der Waals surface area contributed by atoms with E-state index in [0.717, 1.165) is 44.2 Å². The number of ether oxygens (including phenoxy) is 1. The lowest BCUT2D eigenvalue weighted by Crippen LogP contribution is -2.50. The van der Waals surface area contributed by atoms with E-state index in [2.05, 4.69) is 17.1 Å². The molecule has 4 heteroatoms. The molecule has 94 valence electrons. The Hall–Kier alpha value is -1.26. The summed E-state index contributed by atoms with van der Waals surface area (Å²) >= 11 is 0. The highest BCUT2D eigenvalue weighted by Crippen LogP contribution is 2.12. The summed E-state index contributed by atoms with van der Waals surface area (Å²) in [6.07, 6.45) is 0. The van der Waals surface area contributed by atoms with Crippen LogP contribution in [-0.4, -0.2) is 43.7 Å². The summed E-state index contributed by atoms with van der Waals surface area (Å²) in [6, 6.07) is 8.14. The quantitative estimate of drug-likeness (QED) is 0.763. The van der Waals surface area contributed by atoms with Gasteiger partial charge in [-0.05, 0) is 31.2 Å². The van der Waals surface area contributed by atoms with E-state index in [4.69, 9.17) is 10.5 Å². The Kier molecular flexibility index (Phi) is 4.23. The molecule has 0 aromatic heterocycles. The predicted octanol–water partition coefficient (Wildman–Crippen LogP) is 0.941. The fourth-order valence-electron chi connectivity index (χ4n) is 2.07. The van der Waals surface area contributed by atoms with Crippen LogP contribution in [0.1, 0.15) is 6.92 Å². The first-order valence-electron chi connectivity index (χ1n) is 6.18. The monoisotopic (exact) mass is 235 g/mol. The maximum atomic E-state index is 5.68. The van der Waals surface area contributed by atoms with Crippen molar-refractivity contribution in [3.05, 3.63) is 24.3 Å². The Labute approximate surface area is 103 Å². The molecule has 17 heavy (non-hydrogen) atoms. The summed E-state index contributed by atoms with van der Waals surface area (Å²) in [5, 5.41) is 3.43. The molecule has 0 bridgehead atoms. The molecule has 1 unspecified atom stereocenters. The fourth-order valence-corrected chi connectivity index (χ4v) is 2.07. The van der Waals surface area contributed by atoms with Gasteiger partial charge >= 0.3 is 0 Å². The molecule has 3 N–H and O–H groups in total. The molecule has 2 rings (SSSR count). The third-order valence-electron chi connectivity index (χ3n) is 3.01. The minimum Gasteiger partial charge on any atom is -0.492 e. The van der Waals surface area contributed by atoms with Gasteiger partial charge in [-0.1, -0.05) is 0 Å². The third-order valence-corrected chi connectivity index (χ3v) is 3.01. The molecule has 4 nitrogen and oxygen atoms in total. The Morgan fingerprint density at radius 3 is 2.88 bits per heavy atom. The molecule has 1 saturated heterocycles. The molecule has 1 aliphatic rings. The third kappa shape index (κ3) is 3.91. The Bertz CT molecular complexity index is 339. The summed E-state index contributed by atoms with van der Waals surface area (Å²) in [5.74, 6) is 0.891. The van der Waals surface area contributed by atoms with Crippen LogP contribution < -0.4 is 15.8 Å². The summed E-state index contributed by atoms with van der Waals surface area (Å²) in [5.41, 5.74) is 6.39. The van der Waals surface area contributed by atoms with Crippen LogP contribution in [-0.2, 0) is 0 Å². The molecule has 1 aromatic carbocycles. The van der Waals surface area contributed by atoms with Crippen LogP contribution in [0.3, 0.4) is 0 Å². The Morgan fingerprint density at radius 1 is 1.41 bits per heavy atom. The molecular weight excluding hydrogens is 214 g/mol. The summed E-state index contributed by atoms with van der Waals surface area (Å²) in [6.45, 7) is 7.21. The number of benzene rings is 1. The largest absolute Gasteiger partial charge is 0.492 e. The van der Waals surface area contributed by atoms with Crippen LogP contribution in [0.15, 0.2) is 24.3 Å². The molecule has 1 aliphatic heterocycles. The van der Waals surface area contributed by atoms with Gasteiger partial charge in [-0.3, -0.25) is 4.90 Å². The minimum absolute atomic E-state index is 0.584. The van der Waals surface area contributed by atoms with Gasteiger partial charge in [0.25, 0.3) is 0 Å². The maximum absolute atomic E-state index is 5.68. The van der Waals surface area contributed by atoms with Crippen LogP contribution in [0.4, 0.5) is 5.69 Å². The van der Waals surface area contributed by atoms with Gasteiger partial charge in [0.15, 0.2) is 0 Å². The first-order chi connectivity index (χ1) is 8.24. The lowest BCUT2D eigenvalue weighted by atomic mass is 10.2. The Morgan fingerprint density at radius 2 is 2.18 bits per heavy atom. The highest BCUT2D eigenvalue weighted by Gasteiger charge is 2.14. The lowest BCUT2D eigenvalue weighted by Gasteiger charge is -2.31. The van der Waals surface area contributed by atoms with E-state index in [1.54, 1.807) is 0 Å². The van der Waals surface area contributed by atoms with E-state index in [-0.39, 0.29) is 0 Å². The molecule has 1 aromatic rings. The molecule has 1 atom stereocenters. The first-order valence-corrected chi connectivity index (χ1v) is 6.18. The van der Waals surface area contributed by atoms with E-state index < -0.39 is 0 Å². The second-order valence-corrected chi connectivity index (χ2v) is 4.57. The van der Waals surface area contributed by atoms with Crippen LogP contribution in [0.2, 0.25) is 0 Å². The van der Waals surface area contributed by atoms with Crippen LogP contribution in [0.25, 0.3) is 0 Å². The number of nitrogens with two attached hydrogens (primary N) is 1. The number of nitrogens with one attached hydrogen (secondary N) is 1. The highest BCUT2D eigenvalue weighted by atomic mass is 16.5. The van der Waals surface area contributed by atoms with Gasteiger partial charge in [-0.25, -0.2) is 0 Å². The smallest absolute Gasteiger partial charge is 0.119 e. The molecule has 0 amide bonds. The molecule has 1 heterocycles. The average Bonchev–Trinajstić information content (AvgIpc) is 2.32. The normalized spacial score (nSPS) is 21.4. The van der Waals surface area contributed by atoms with E-state index in [0.29, 0.717) is 6.04 Å². The molecule has 0 saturated carbocycles. The van der Waals surface area contributed by atoms with E-state index in [1.807, 2.05) is 24.3 Å². The van der Waals surface area contributed by atoms with E-state index in [9.17, 15) is 0 Å². The summed E-state index contributed by atoms with van der Waals surface area (Å²) < 4.78 is 5.68. The summed E-state index contributed by atoms with van der Waals surface area (Å²) in [7, 11) is 0. The van der Waals surface area contributed by atoms with Crippen LogP contribution in [0, 0.1) is 0 Å². The number of nitrogens with zero attached hydrogens (tertiary/aromatic N) is 1. The van der Waals surface area contributed by atoms with Gasteiger partial charge < -0.3 is 15.8 Å². The van der Waals surface area contributed by atoms with Crippen molar-refractivity contribution in [3.63, 3.8) is 0 Å². The van der Waals surface area contributed by atoms with Gasteiger partial charge in [0.05, 0.1) is 0 Å². The van der Waals surface area contributed by atoms with Crippen molar-refractivity contribution in [2.45, 2.75) is 13.0 Å². The van der Waals surface area contributed by atoms with Crippen molar-refractivity contribution < 1.29 is 4.74 Å². The number of nitrogen functional groups attached to an aromatic ring is 1. The van der Waals surface area contributed by atoms with E-state index >= 15 is 0 Å². The zero-order chi connectivity index (χ0) is 12.1. The first kappa shape index (κ1) is 12.2. The van der Waals surface area contributed by atoms with Gasteiger partial charge in [-0.15, -0.1) is 0 Å². The standard InChI is InChI=1S/C13H21N3O/c1-11-10-16(7-6-15-11)8-9-17-13-4-2-12(14)3-5-13/h2-5,11,15H,6-10,14H2,1H3. The number of anilines is 1. The van der Waals surface area contributed by atoms with E-state index in [1.165, 1.54) is 0 Å². The van der Waals surface area contributed by atoms with Gasteiger partial charge in [0.2, 0.25) is 0 Å². The van der Waals surface area contributed by atoms with Gasteiger partial charge in [0.1, 0.15) is 12.4 Å². The average molecular weight is 235 g/mol. The lowest BCUT2D eigenvalue weighted by molar-refractivity contribution is 0.170. The predicted molar refractivity (Wildman–Crippen MR) is 70.3 cm³/mol. The Balaban J connectivity index is 1.70. The van der Waals surface area contributed by atoms with Crippen LogP contribution >= 0.6 is 0 Å². The zero-order valence-electron chi connectivity index (χ0n) is 10.4.